The van der Waals surface area contributed by atoms with E-state index in [0.717, 1.165) is 18.5 Å². The summed E-state index contributed by atoms with van der Waals surface area (Å²) >= 11 is 12.3. The molecule has 0 fully saturated rings. The SMILES string of the molecule is CCNCc1cc(Cl)cc(Cl)c1OCCC(C)(C)OC. The van der Waals surface area contributed by atoms with Crippen molar-refractivity contribution in [3.8, 4) is 5.75 Å². The molecule has 0 spiro atoms. The lowest BCUT2D eigenvalue weighted by Crippen LogP contribution is -2.25. The average Bonchev–Trinajstić information content (AvgIpc) is 2.38. The molecular weight excluding hydrogens is 297 g/mol. The predicted octanol–water partition coefficient (Wildman–Crippen LogP) is 4.30. The molecule has 0 unspecified atom stereocenters. The molecule has 0 aliphatic carbocycles. The second kappa shape index (κ2) is 8.08. The van der Waals surface area contributed by atoms with Crippen LogP contribution in [0.4, 0.5) is 0 Å². The van der Waals surface area contributed by atoms with E-state index in [2.05, 4.69) is 5.32 Å². The van der Waals surface area contributed by atoms with E-state index < -0.39 is 0 Å². The molecule has 0 aliphatic rings. The summed E-state index contributed by atoms with van der Waals surface area (Å²) in [7, 11) is 1.70. The number of hydrogen-bond donors (Lipinski definition) is 1. The minimum absolute atomic E-state index is 0.208. The fraction of sp³-hybridized carbons (Fsp3) is 0.600. The van der Waals surface area contributed by atoms with Gasteiger partial charge in [0.25, 0.3) is 0 Å². The molecule has 1 N–H and O–H groups in total. The summed E-state index contributed by atoms with van der Waals surface area (Å²) in [5.74, 6) is 0.698. The van der Waals surface area contributed by atoms with Crippen LogP contribution in [0.25, 0.3) is 0 Å². The number of hydrogen-bond acceptors (Lipinski definition) is 3. The Morgan fingerprint density at radius 3 is 2.55 bits per heavy atom. The highest BCUT2D eigenvalue weighted by molar-refractivity contribution is 6.35. The molecule has 0 radical (unpaired) electrons. The average molecular weight is 320 g/mol. The monoisotopic (exact) mass is 319 g/mol. The Morgan fingerprint density at radius 1 is 1.25 bits per heavy atom. The number of ether oxygens (including phenoxy) is 2. The van der Waals surface area contributed by atoms with Crippen LogP contribution >= 0.6 is 23.2 Å². The van der Waals surface area contributed by atoms with Crippen LogP contribution in [0.15, 0.2) is 12.1 Å². The molecule has 1 rings (SSSR count). The van der Waals surface area contributed by atoms with E-state index in [1.165, 1.54) is 0 Å². The van der Waals surface area contributed by atoms with Crippen molar-refractivity contribution in [2.24, 2.45) is 0 Å². The second-order valence-corrected chi connectivity index (χ2v) is 6.06. The van der Waals surface area contributed by atoms with E-state index in [1.807, 2.05) is 26.8 Å². The minimum atomic E-state index is -0.208. The minimum Gasteiger partial charge on any atom is -0.492 e. The van der Waals surface area contributed by atoms with Crippen molar-refractivity contribution in [2.45, 2.75) is 39.3 Å². The van der Waals surface area contributed by atoms with E-state index >= 15 is 0 Å². The Bertz CT molecular complexity index is 436. The molecular formula is C15H23Cl2NO2. The molecule has 0 atom stereocenters. The summed E-state index contributed by atoms with van der Waals surface area (Å²) in [6, 6.07) is 3.59. The largest absolute Gasteiger partial charge is 0.492 e. The van der Waals surface area contributed by atoms with Crippen molar-refractivity contribution in [1.82, 2.24) is 5.32 Å². The highest BCUT2D eigenvalue weighted by Gasteiger charge is 2.17. The standard InChI is InChI=1S/C15H23Cl2NO2/c1-5-18-10-11-8-12(16)9-13(17)14(11)20-7-6-15(2,3)19-4/h8-9,18H,5-7,10H2,1-4H3. The van der Waals surface area contributed by atoms with Crippen molar-refractivity contribution in [3.05, 3.63) is 27.7 Å². The normalized spacial score (nSPS) is 11.7. The molecule has 20 heavy (non-hydrogen) atoms. The van der Waals surface area contributed by atoms with Gasteiger partial charge in [0.15, 0.2) is 0 Å². The Kier molecular flexibility index (Phi) is 7.10. The van der Waals surface area contributed by atoms with E-state index in [-0.39, 0.29) is 5.60 Å². The molecule has 114 valence electrons. The molecule has 0 saturated carbocycles. The quantitative estimate of drug-likeness (QED) is 0.775. The van der Waals surface area contributed by atoms with Crippen LogP contribution in [0.3, 0.4) is 0 Å². The molecule has 0 bridgehead atoms. The molecule has 3 nitrogen and oxygen atoms in total. The zero-order valence-corrected chi connectivity index (χ0v) is 14.1. The summed E-state index contributed by atoms with van der Waals surface area (Å²) in [4.78, 5) is 0. The highest BCUT2D eigenvalue weighted by Crippen LogP contribution is 2.33. The first-order valence-corrected chi connectivity index (χ1v) is 7.52. The first kappa shape index (κ1) is 17.6. The molecule has 5 heteroatoms. The van der Waals surface area contributed by atoms with E-state index in [9.17, 15) is 0 Å². The van der Waals surface area contributed by atoms with Crippen LogP contribution in [-0.2, 0) is 11.3 Å². The van der Waals surface area contributed by atoms with Gasteiger partial charge in [-0.3, -0.25) is 0 Å². The van der Waals surface area contributed by atoms with E-state index in [1.54, 1.807) is 13.2 Å². The summed E-state index contributed by atoms with van der Waals surface area (Å²) in [6.07, 6.45) is 0.781. The van der Waals surface area contributed by atoms with Gasteiger partial charge in [-0.15, -0.1) is 0 Å². The van der Waals surface area contributed by atoms with Crippen LogP contribution in [0, 0.1) is 0 Å². The van der Waals surface area contributed by atoms with Gasteiger partial charge >= 0.3 is 0 Å². The smallest absolute Gasteiger partial charge is 0.142 e. The Labute approximate surface area is 131 Å². The lowest BCUT2D eigenvalue weighted by atomic mass is 10.1. The molecule has 0 amide bonds. The van der Waals surface area contributed by atoms with Gasteiger partial charge in [0.05, 0.1) is 17.2 Å². The van der Waals surface area contributed by atoms with Crippen LogP contribution in [0.1, 0.15) is 32.8 Å². The molecule has 0 heterocycles. The van der Waals surface area contributed by atoms with Crippen molar-refractivity contribution < 1.29 is 9.47 Å². The molecule has 0 aromatic heterocycles. The van der Waals surface area contributed by atoms with Gasteiger partial charge in [0.2, 0.25) is 0 Å². The first-order chi connectivity index (χ1) is 9.39. The zero-order chi connectivity index (χ0) is 15.2. The fourth-order valence-electron chi connectivity index (χ4n) is 1.67. The summed E-state index contributed by atoms with van der Waals surface area (Å²) < 4.78 is 11.2. The second-order valence-electron chi connectivity index (χ2n) is 5.22. The van der Waals surface area contributed by atoms with Crippen LogP contribution in [0.2, 0.25) is 10.0 Å². The number of halogens is 2. The van der Waals surface area contributed by atoms with Gasteiger partial charge in [0, 0.05) is 30.7 Å². The molecule has 1 aromatic carbocycles. The Hall–Kier alpha value is -0.480. The van der Waals surface area contributed by atoms with Gasteiger partial charge in [0.1, 0.15) is 5.75 Å². The maximum absolute atomic E-state index is 6.23. The lowest BCUT2D eigenvalue weighted by molar-refractivity contribution is 0.00538. The predicted molar refractivity (Wildman–Crippen MR) is 85.0 cm³/mol. The topological polar surface area (TPSA) is 30.5 Å². The van der Waals surface area contributed by atoms with Crippen LogP contribution in [-0.4, -0.2) is 25.9 Å². The number of nitrogens with one attached hydrogen (secondary N) is 1. The van der Waals surface area contributed by atoms with Gasteiger partial charge in [-0.05, 0) is 32.5 Å². The summed E-state index contributed by atoms with van der Waals surface area (Å²) in [5.41, 5.74) is 0.764. The van der Waals surface area contributed by atoms with Gasteiger partial charge < -0.3 is 14.8 Å². The number of benzene rings is 1. The molecule has 0 aliphatic heterocycles. The van der Waals surface area contributed by atoms with Crippen molar-refractivity contribution >= 4 is 23.2 Å². The zero-order valence-electron chi connectivity index (χ0n) is 12.6. The summed E-state index contributed by atoms with van der Waals surface area (Å²) in [5, 5.41) is 4.42. The third-order valence-electron chi connectivity index (χ3n) is 3.15. The third-order valence-corrected chi connectivity index (χ3v) is 3.65. The van der Waals surface area contributed by atoms with Crippen molar-refractivity contribution in [3.63, 3.8) is 0 Å². The van der Waals surface area contributed by atoms with Gasteiger partial charge in [-0.25, -0.2) is 0 Å². The highest BCUT2D eigenvalue weighted by atomic mass is 35.5. The van der Waals surface area contributed by atoms with Crippen molar-refractivity contribution in [2.75, 3.05) is 20.3 Å². The maximum Gasteiger partial charge on any atom is 0.142 e. The third kappa shape index (κ3) is 5.49. The lowest BCUT2D eigenvalue weighted by Gasteiger charge is -2.23. The van der Waals surface area contributed by atoms with Crippen LogP contribution < -0.4 is 10.1 Å². The van der Waals surface area contributed by atoms with E-state index in [4.69, 9.17) is 32.7 Å². The van der Waals surface area contributed by atoms with Gasteiger partial charge in [-0.1, -0.05) is 30.1 Å². The Morgan fingerprint density at radius 2 is 1.95 bits per heavy atom. The van der Waals surface area contributed by atoms with Crippen LogP contribution in [0.5, 0.6) is 5.75 Å². The molecule has 0 saturated heterocycles. The maximum atomic E-state index is 6.23. The number of methoxy groups -OCH3 is 1. The van der Waals surface area contributed by atoms with E-state index in [0.29, 0.717) is 28.9 Å². The van der Waals surface area contributed by atoms with Crippen molar-refractivity contribution in [1.29, 1.82) is 0 Å². The molecule has 1 aromatic rings. The first-order valence-electron chi connectivity index (χ1n) is 6.76. The Balaban J connectivity index is 2.77. The fourth-order valence-corrected chi connectivity index (χ4v) is 2.26. The summed E-state index contributed by atoms with van der Waals surface area (Å²) in [6.45, 7) is 8.20. The van der Waals surface area contributed by atoms with Gasteiger partial charge in [-0.2, -0.15) is 0 Å². The number of rotatable bonds is 8.